The quantitative estimate of drug-likeness (QED) is 0.560. The molecular weight excluding hydrogens is 154 g/mol. The monoisotopic (exact) mass is 163 g/mol. The highest BCUT2D eigenvalue weighted by molar-refractivity contribution is 6.21. The lowest BCUT2D eigenvalue weighted by molar-refractivity contribution is -0.135. The van der Waals surface area contributed by atoms with E-state index >= 15 is 0 Å². The smallest absolute Gasteiger partial charge is 0.261 e. The van der Waals surface area contributed by atoms with Gasteiger partial charge in [-0.1, -0.05) is 25.3 Å². The Morgan fingerprint density at radius 3 is 1.67 bits per heavy atom. The first-order valence-corrected chi connectivity index (χ1v) is 3.45. The van der Waals surface area contributed by atoms with Crippen LogP contribution < -0.4 is 0 Å². The summed E-state index contributed by atoms with van der Waals surface area (Å²) >= 11 is 0. The van der Waals surface area contributed by atoms with Crippen molar-refractivity contribution in [3.63, 3.8) is 0 Å². The van der Waals surface area contributed by atoms with Gasteiger partial charge in [-0.05, 0) is 0 Å². The second-order valence-corrected chi connectivity index (χ2v) is 2.40. The summed E-state index contributed by atoms with van der Waals surface area (Å²) in [5.74, 6) is -0.630. The summed E-state index contributed by atoms with van der Waals surface area (Å²) in [7, 11) is 1.44. The van der Waals surface area contributed by atoms with E-state index in [0.29, 0.717) is 11.1 Å². The van der Waals surface area contributed by atoms with Crippen molar-refractivity contribution in [1.29, 1.82) is 0 Å². The molecule has 0 N–H and O–H groups in total. The summed E-state index contributed by atoms with van der Waals surface area (Å²) < 4.78 is 0. The molecule has 12 heavy (non-hydrogen) atoms. The summed E-state index contributed by atoms with van der Waals surface area (Å²) in [6.45, 7) is 6.91. The van der Waals surface area contributed by atoms with Crippen LogP contribution in [0.3, 0.4) is 0 Å². The zero-order valence-corrected chi connectivity index (χ0v) is 6.83. The first-order valence-electron chi connectivity index (χ1n) is 3.45. The van der Waals surface area contributed by atoms with E-state index in [1.807, 2.05) is 0 Å². The van der Waals surface area contributed by atoms with Crippen molar-refractivity contribution < 1.29 is 9.59 Å². The molecule has 3 heteroatoms. The summed E-state index contributed by atoms with van der Waals surface area (Å²) in [5.41, 5.74) is 0.662. The molecule has 0 bridgehead atoms. The number of nitrogens with zero attached hydrogens (tertiary/aromatic N) is 1. The Morgan fingerprint density at radius 1 is 1.08 bits per heavy atom. The molecule has 0 fully saturated rings. The molecule has 62 valence electrons. The number of likely N-dealkylation sites (N-methyl/N-ethyl adjacent to an activating group) is 1. The second kappa shape index (κ2) is 2.77. The highest BCUT2D eigenvalue weighted by Crippen LogP contribution is 2.20. The van der Waals surface area contributed by atoms with Gasteiger partial charge in [-0.2, -0.15) is 0 Å². The van der Waals surface area contributed by atoms with E-state index in [-0.39, 0.29) is 11.8 Å². The molecule has 0 radical (unpaired) electrons. The van der Waals surface area contributed by atoms with Crippen LogP contribution >= 0.6 is 0 Å². The number of amides is 2. The lowest BCUT2D eigenvalue weighted by atomic mass is 10.1. The average Bonchev–Trinajstić information content (AvgIpc) is 2.29. The maximum atomic E-state index is 11.2. The number of imide groups is 1. The van der Waals surface area contributed by atoms with E-state index in [9.17, 15) is 9.59 Å². The predicted molar refractivity (Wildman–Crippen MR) is 45.2 cm³/mol. The third-order valence-corrected chi connectivity index (χ3v) is 1.77. The second-order valence-electron chi connectivity index (χ2n) is 2.40. The van der Waals surface area contributed by atoms with Gasteiger partial charge in [-0.15, -0.1) is 0 Å². The van der Waals surface area contributed by atoms with Crippen LogP contribution in [0.15, 0.2) is 36.5 Å². The molecule has 1 aliphatic rings. The van der Waals surface area contributed by atoms with E-state index in [0.717, 1.165) is 4.90 Å². The van der Waals surface area contributed by atoms with E-state index in [4.69, 9.17) is 0 Å². The van der Waals surface area contributed by atoms with E-state index < -0.39 is 0 Å². The van der Waals surface area contributed by atoms with Crippen molar-refractivity contribution in [3.05, 3.63) is 36.5 Å². The molecule has 0 unspecified atom stereocenters. The Labute approximate surface area is 70.7 Å². The average molecular weight is 163 g/mol. The minimum Gasteiger partial charge on any atom is -0.277 e. The van der Waals surface area contributed by atoms with Crippen LogP contribution in [0.5, 0.6) is 0 Å². The first kappa shape index (κ1) is 8.46. The Bertz CT molecular complexity index is 282. The molecular formula is C9H9NO2. The molecule has 0 saturated carbocycles. The fourth-order valence-corrected chi connectivity index (χ4v) is 1.08. The molecule has 0 saturated heterocycles. The highest BCUT2D eigenvalue weighted by atomic mass is 16.2. The summed E-state index contributed by atoms with van der Waals surface area (Å²) in [6, 6.07) is 0. The van der Waals surface area contributed by atoms with Gasteiger partial charge in [0.1, 0.15) is 0 Å². The molecule has 1 aliphatic heterocycles. The van der Waals surface area contributed by atoms with Crippen LogP contribution in [-0.2, 0) is 9.59 Å². The van der Waals surface area contributed by atoms with Gasteiger partial charge in [0.2, 0.25) is 0 Å². The van der Waals surface area contributed by atoms with Crippen LogP contribution in [0.1, 0.15) is 0 Å². The van der Waals surface area contributed by atoms with Gasteiger partial charge in [0, 0.05) is 7.05 Å². The summed E-state index contributed by atoms with van der Waals surface area (Å²) in [4.78, 5) is 23.5. The van der Waals surface area contributed by atoms with Crippen molar-refractivity contribution in [1.82, 2.24) is 4.90 Å². The Morgan fingerprint density at radius 2 is 1.42 bits per heavy atom. The largest absolute Gasteiger partial charge is 0.277 e. The predicted octanol–water partition coefficient (Wildman–Crippen LogP) is 0.654. The molecule has 0 spiro atoms. The standard InChI is InChI=1S/C9H9NO2/c1-4-6-7(5-2)9(12)10(3)8(6)11/h4-5H,1-2H2,3H3. The van der Waals surface area contributed by atoms with Gasteiger partial charge in [0.25, 0.3) is 11.8 Å². The minimum atomic E-state index is -0.315. The molecule has 3 nitrogen and oxygen atoms in total. The Balaban J connectivity index is 3.27. The molecule has 0 aromatic heterocycles. The fraction of sp³-hybridized carbons (Fsp3) is 0.111. The van der Waals surface area contributed by atoms with Crippen molar-refractivity contribution in [2.24, 2.45) is 0 Å². The third kappa shape index (κ3) is 0.906. The minimum absolute atomic E-state index is 0.315. The molecule has 2 amide bonds. The van der Waals surface area contributed by atoms with Gasteiger partial charge in [0.05, 0.1) is 11.1 Å². The number of carbonyl (C=O) groups is 2. The molecule has 0 aromatic rings. The van der Waals surface area contributed by atoms with E-state index in [1.54, 1.807) is 0 Å². The van der Waals surface area contributed by atoms with Crippen LogP contribution in [-0.4, -0.2) is 23.8 Å². The molecule has 1 rings (SSSR count). The maximum Gasteiger partial charge on any atom is 0.261 e. The zero-order chi connectivity index (χ0) is 9.30. The van der Waals surface area contributed by atoms with E-state index in [2.05, 4.69) is 13.2 Å². The van der Waals surface area contributed by atoms with E-state index in [1.165, 1.54) is 19.2 Å². The highest BCUT2D eigenvalue weighted by Gasteiger charge is 2.31. The van der Waals surface area contributed by atoms with Crippen LogP contribution in [0.4, 0.5) is 0 Å². The lowest BCUT2D eigenvalue weighted by Gasteiger charge is -2.04. The Kier molecular flexibility index (Phi) is 1.95. The lowest BCUT2D eigenvalue weighted by Crippen LogP contribution is -2.26. The number of hydrogen-bond donors (Lipinski definition) is 0. The topological polar surface area (TPSA) is 37.4 Å². The normalized spacial score (nSPS) is 17.2. The number of hydrogen-bond acceptors (Lipinski definition) is 2. The number of carbonyl (C=O) groups excluding carboxylic acids is 2. The van der Waals surface area contributed by atoms with Crippen molar-refractivity contribution in [3.8, 4) is 0 Å². The molecule has 0 atom stereocenters. The molecule has 0 aliphatic carbocycles. The molecule has 1 heterocycles. The fourth-order valence-electron chi connectivity index (χ4n) is 1.08. The first-order chi connectivity index (χ1) is 5.63. The SMILES string of the molecule is C=CC1=C(C=C)C(=O)N(C)C1=O. The number of rotatable bonds is 2. The zero-order valence-electron chi connectivity index (χ0n) is 6.83. The van der Waals surface area contributed by atoms with Crippen molar-refractivity contribution >= 4 is 11.8 Å². The van der Waals surface area contributed by atoms with Gasteiger partial charge < -0.3 is 0 Å². The summed E-state index contributed by atoms with van der Waals surface area (Å²) in [6.07, 6.45) is 2.75. The summed E-state index contributed by atoms with van der Waals surface area (Å²) in [5, 5.41) is 0. The van der Waals surface area contributed by atoms with Gasteiger partial charge >= 0.3 is 0 Å². The van der Waals surface area contributed by atoms with Gasteiger partial charge in [-0.3, -0.25) is 14.5 Å². The third-order valence-electron chi connectivity index (χ3n) is 1.77. The van der Waals surface area contributed by atoms with Crippen LogP contribution in [0.2, 0.25) is 0 Å². The maximum absolute atomic E-state index is 11.2. The van der Waals surface area contributed by atoms with Crippen molar-refractivity contribution in [2.75, 3.05) is 7.05 Å². The van der Waals surface area contributed by atoms with Gasteiger partial charge in [0.15, 0.2) is 0 Å². The van der Waals surface area contributed by atoms with Crippen LogP contribution in [0, 0.1) is 0 Å². The van der Waals surface area contributed by atoms with Gasteiger partial charge in [-0.25, -0.2) is 0 Å². The van der Waals surface area contributed by atoms with Crippen LogP contribution in [0.25, 0.3) is 0 Å². The molecule has 0 aromatic carbocycles. The Hall–Kier alpha value is -1.64. The van der Waals surface area contributed by atoms with Crippen molar-refractivity contribution in [2.45, 2.75) is 0 Å².